The van der Waals surface area contributed by atoms with Gasteiger partial charge < -0.3 is 28.5 Å². The highest BCUT2D eigenvalue weighted by atomic mass is 31.2. The van der Waals surface area contributed by atoms with Crippen LogP contribution in [0, 0.1) is 0 Å². The van der Waals surface area contributed by atoms with E-state index in [2.05, 4.69) is 74.7 Å². The van der Waals surface area contributed by atoms with Crippen molar-refractivity contribution in [3.8, 4) is 0 Å². The van der Waals surface area contributed by atoms with Gasteiger partial charge in [0.15, 0.2) is 0 Å². The Kier molecular flexibility index (Phi) is 51.5. The molecular weight excluding hydrogens is 928 g/mol. The summed E-state index contributed by atoms with van der Waals surface area (Å²) in [7, 11) is 1.17. The molecule has 1 amide bonds. The highest BCUT2D eigenvalue weighted by Crippen LogP contribution is 2.38. The van der Waals surface area contributed by atoms with Gasteiger partial charge in [-0.3, -0.25) is 14.2 Å². The van der Waals surface area contributed by atoms with Crippen LogP contribution in [0.2, 0.25) is 0 Å². The number of carbonyl (C=O) groups is 2. The summed E-state index contributed by atoms with van der Waals surface area (Å²) in [6, 6.07) is -0.897. The molecular formula is C63H117N2O7P. The fourth-order valence-corrected chi connectivity index (χ4v) is 9.41. The Morgan fingerprint density at radius 1 is 0.479 bits per heavy atom. The van der Waals surface area contributed by atoms with E-state index in [1.807, 2.05) is 33.3 Å². The largest absolute Gasteiger partial charge is 0.756 e. The number of allylic oxidation sites excluding steroid dienone is 9. The van der Waals surface area contributed by atoms with Crippen molar-refractivity contribution in [3.63, 3.8) is 0 Å². The maximum atomic E-state index is 13.5. The maximum Gasteiger partial charge on any atom is 0.306 e. The van der Waals surface area contributed by atoms with Crippen LogP contribution >= 0.6 is 7.82 Å². The fraction of sp³-hybridized carbons (Fsp3) is 0.810. The zero-order valence-corrected chi connectivity index (χ0v) is 49.5. The van der Waals surface area contributed by atoms with Gasteiger partial charge in [0.2, 0.25) is 5.91 Å². The molecule has 0 radical (unpaired) electrons. The van der Waals surface area contributed by atoms with Crippen LogP contribution in [0.3, 0.4) is 0 Å². The Morgan fingerprint density at radius 3 is 1.27 bits per heavy atom. The van der Waals surface area contributed by atoms with E-state index >= 15 is 0 Å². The molecule has 0 aliphatic rings. The van der Waals surface area contributed by atoms with E-state index in [1.165, 1.54) is 148 Å². The summed E-state index contributed by atoms with van der Waals surface area (Å²) in [5.74, 6) is -0.556. The molecule has 426 valence electrons. The number of likely N-dealkylation sites (N-methyl/N-ethyl adjacent to an activating group) is 1. The van der Waals surface area contributed by atoms with Gasteiger partial charge >= 0.3 is 5.97 Å². The Labute approximate surface area is 451 Å². The SMILES string of the molecule is CCCCC/C=C\C/C=C\C/C=C\C/C=C\CCCCCCCC(=O)NC(COP(=O)([O-])OCC[N+](C)(C)C)C(/C=C\CCCCCCCCCCCC)OC(=O)CCCCCCCCCCCCCCCC. The number of carbonyl (C=O) groups excluding carboxylic acids is 2. The number of nitrogens with one attached hydrogen (secondary N) is 1. The van der Waals surface area contributed by atoms with Gasteiger partial charge in [-0.1, -0.05) is 249 Å². The number of esters is 1. The molecule has 0 aromatic rings. The number of rotatable bonds is 55. The van der Waals surface area contributed by atoms with Crippen LogP contribution in [0.25, 0.3) is 0 Å². The summed E-state index contributed by atoms with van der Waals surface area (Å²) in [4.78, 5) is 39.9. The average Bonchev–Trinajstić information content (AvgIpc) is 3.35. The molecule has 0 spiro atoms. The molecule has 0 rings (SSSR count). The van der Waals surface area contributed by atoms with Crippen LogP contribution in [-0.2, 0) is 27.9 Å². The number of unbranched alkanes of at least 4 members (excludes halogenated alkanes) is 31. The quantitative estimate of drug-likeness (QED) is 0.0212. The Hall–Kier alpha value is -2.29. The van der Waals surface area contributed by atoms with Crippen molar-refractivity contribution in [2.45, 2.75) is 290 Å². The normalized spacial score (nSPS) is 14.1. The first-order valence-electron chi connectivity index (χ1n) is 30.6. The molecule has 0 bridgehead atoms. The summed E-state index contributed by atoms with van der Waals surface area (Å²) >= 11 is 0. The molecule has 0 aliphatic heterocycles. The molecule has 0 saturated carbocycles. The second kappa shape index (κ2) is 53.1. The van der Waals surface area contributed by atoms with Crippen LogP contribution in [0.4, 0.5) is 0 Å². The van der Waals surface area contributed by atoms with Crippen molar-refractivity contribution in [2.24, 2.45) is 0 Å². The number of phosphoric acid groups is 1. The topological polar surface area (TPSA) is 114 Å². The summed E-state index contributed by atoms with van der Waals surface area (Å²) in [5, 5.41) is 3.02. The van der Waals surface area contributed by atoms with Crippen molar-refractivity contribution < 1.29 is 37.3 Å². The molecule has 0 aliphatic carbocycles. The lowest BCUT2D eigenvalue weighted by Gasteiger charge is -2.30. The minimum absolute atomic E-state index is 0.0266. The van der Waals surface area contributed by atoms with Crippen molar-refractivity contribution in [1.29, 1.82) is 0 Å². The third kappa shape index (κ3) is 54.3. The van der Waals surface area contributed by atoms with E-state index in [0.29, 0.717) is 17.4 Å². The van der Waals surface area contributed by atoms with Gasteiger partial charge in [-0.2, -0.15) is 0 Å². The zero-order chi connectivity index (χ0) is 53.6. The summed E-state index contributed by atoms with van der Waals surface area (Å²) in [6.45, 7) is 6.81. The first-order chi connectivity index (χ1) is 35.4. The molecule has 0 aromatic carbocycles. The van der Waals surface area contributed by atoms with Gasteiger partial charge in [0.25, 0.3) is 7.82 Å². The van der Waals surface area contributed by atoms with Crippen LogP contribution in [-0.4, -0.2) is 69.4 Å². The van der Waals surface area contributed by atoms with Crippen LogP contribution in [0.5, 0.6) is 0 Å². The number of ether oxygens (including phenoxy) is 1. The van der Waals surface area contributed by atoms with Crippen molar-refractivity contribution in [3.05, 3.63) is 60.8 Å². The second-order valence-electron chi connectivity index (χ2n) is 21.9. The summed E-state index contributed by atoms with van der Waals surface area (Å²) in [5.41, 5.74) is 0. The number of hydrogen-bond acceptors (Lipinski definition) is 7. The van der Waals surface area contributed by atoms with E-state index in [0.717, 1.165) is 96.3 Å². The van der Waals surface area contributed by atoms with Gasteiger partial charge in [-0.05, 0) is 76.7 Å². The van der Waals surface area contributed by atoms with E-state index < -0.39 is 26.6 Å². The van der Waals surface area contributed by atoms with Gasteiger partial charge in [0.1, 0.15) is 19.3 Å². The zero-order valence-electron chi connectivity index (χ0n) is 48.6. The van der Waals surface area contributed by atoms with Gasteiger partial charge in [0.05, 0.1) is 33.8 Å². The van der Waals surface area contributed by atoms with Crippen LogP contribution < -0.4 is 10.2 Å². The third-order valence-corrected chi connectivity index (χ3v) is 14.4. The number of amides is 1. The molecule has 0 saturated heterocycles. The number of phosphoric ester groups is 1. The molecule has 1 N–H and O–H groups in total. The third-order valence-electron chi connectivity index (χ3n) is 13.5. The Morgan fingerprint density at radius 2 is 0.836 bits per heavy atom. The lowest BCUT2D eigenvalue weighted by molar-refractivity contribution is -0.870. The lowest BCUT2D eigenvalue weighted by atomic mass is 10.0. The second-order valence-corrected chi connectivity index (χ2v) is 23.3. The van der Waals surface area contributed by atoms with Crippen molar-refractivity contribution in [2.75, 3.05) is 40.9 Å². The number of hydrogen-bond donors (Lipinski definition) is 1. The first-order valence-corrected chi connectivity index (χ1v) is 32.1. The smallest absolute Gasteiger partial charge is 0.306 e. The van der Waals surface area contributed by atoms with E-state index in [9.17, 15) is 19.0 Å². The van der Waals surface area contributed by atoms with Gasteiger partial charge in [-0.15, -0.1) is 0 Å². The van der Waals surface area contributed by atoms with Crippen molar-refractivity contribution in [1.82, 2.24) is 5.32 Å². The predicted octanol–water partition coefficient (Wildman–Crippen LogP) is 18.0. The summed E-state index contributed by atoms with van der Waals surface area (Å²) in [6.07, 6.45) is 66.1. The predicted molar refractivity (Wildman–Crippen MR) is 312 cm³/mol. The Balaban J connectivity index is 5.29. The number of nitrogens with zero attached hydrogens (tertiary/aromatic N) is 1. The van der Waals surface area contributed by atoms with E-state index in [1.54, 1.807) is 0 Å². The maximum absolute atomic E-state index is 13.5. The minimum atomic E-state index is -4.70. The molecule has 0 fully saturated rings. The minimum Gasteiger partial charge on any atom is -0.756 e. The monoisotopic (exact) mass is 1040 g/mol. The van der Waals surface area contributed by atoms with E-state index in [4.69, 9.17) is 13.8 Å². The fourth-order valence-electron chi connectivity index (χ4n) is 8.68. The lowest BCUT2D eigenvalue weighted by Crippen LogP contribution is -2.47. The highest BCUT2D eigenvalue weighted by Gasteiger charge is 2.27. The summed E-state index contributed by atoms with van der Waals surface area (Å²) < 4.78 is 30.3. The molecule has 3 unspecified atom stereocenters. The first kappa shape index (κ1) is 70.7. The van der Waals surface area contributed by atoms with Crippen molar-refractivity contribution >= 4 is 19.7 Å². The molecule has 0 heterocycles. The Bertz CT molecular complexity index is 1440. The highest BCUT2D eigenvalue weighted by molar-refractivity contribution is 7.45. The molecule has 0 aromatic heterocycles. The van der Waals surface area contributed by atoms with Gasteiger partial charge in [-0.25, -0.2) is 0 Å². The standard InChI is InChI=1S/C63H117N2O7P/c1-7-10-13-16-19-22-25-28-30-31-32-33-34-35-36-37-40-43-46-49-52-55-62(66)64-60(59-71-73(68,69)70-58-57-65(4,5)6)61(54-51-48-45-42-39-27-24-21-18-15-12-9-3)72-63(67)56-53-50-47-44-41-38-29-26-23-20-17-14-11-8-2/h19,22,28,30,32-33,35-36,51,54,60-61H,7-18,20-21,23-27,29,31,34,37-50,52-53,55-59H2,1-6H3,(H-,64,66,68,69)/b22-19-,30-28-,33-32-,36-35-,54-51-. The number of quaternary nitrogens is 1. The molecule has 10 heteroatoms. The van der Waals surface area contributed by atoms with Gasteiger partial charge in [0, 0.05) is 12.8 Å². The van der Waals surface area contributed by atoms with E-state index in [-0.39, 0.29) is 24.9 Å². The van der Waals surface area contributed by atoms with Crippen LogP contribution in [0.15, 0.2) is 60.8 Å². The molecule has 3 atom stereocenters. The molecule has 73 heavy (non-hydrogen) atoms. The molecule has 9 nitrogen and oxygen atoms in total. The average molecular weight is 1050 g/mol. The van der Waals surface area contributed by atoms with Crippen LogP contribution in [0.1, 0.15) is 278 Å².